The van der Waals surface area contributed by atoms with E-state index in [1.54, 1.807) is 0 Å². The maximum Gasteiger partial charge on any atom is 0.0125 e. The van der Waals surface area contributed by atoms with E-state index in [-0.39, 0.29) is 0 Å². The number of benzene rings is 1. The molecule has 0 aliphatic heterocycles. The van der Waals surface area contributed by atoms with Crippen LogP contribution in [0.4, 0.5) is 0 Å². The van der Waals surface area contributed by atoms with Crippen LogP contribution in [-0.2, 0) is 12.8 Å². The second kappa shape index (κ2) is 3.22. The first-order valence-electron chi connectivity index (χ1n) is 4.97. The van der Waals surface area contributed by atoms with Crippen molar-refractivity contribution in [2.24, 2.45) is 0 Å². The van der Waals surface area contributed by atoms with Gasteiger partial charge in [0.2, 0.25) is 0 Å². The number of fused-ring (bicyclic) bond motifs is 3. The Balaban J connectivity index is 2.29. The average Bonchev–Trinajstić information content (AvgIpc) is 2.29. The monoisotopic (exact) mass is 198 g/mol. The minimum atomic E-state index is 1.20. The smallest absolute Gasteiger partial charge is 0.0125 e. The fourth-order valence-electron chi connectivity index (χ4n) is 2.12. The van der Waals surface area contributed by atoms with Gasteiger partial charge in [-0.25, -0.2) is 0 Å². The van der Waals surface area contributed by atoms with E-state index in [9.17, 15) is 0 Å². The highest BCUT2D eigenvalue weighted by molar-refractivity contribution is 7.33. The topological polar surface area (TPSA) is 0 Å². The molecule has 1 heteroatoms. The number of hydrogen-bond acceptors (Lipinski definition) is 0. The number of aryl methyl sites for hydroxylation is 2. The number of hydrogen-bond donors (Lipinski definition) is 0. The maximum absolute atomic E-state index is 2.27. The summed E-state index contributed by atoms with van der Waals surface area (Å²) >= 11 is 0. The van der Waals surface area contributed by atoms with Gasteiger partial charge in [0.15, 0.2) is 0 Å². The normalized spacial score (nSPS) is 13.7. The van der Waals surface area contributed by atoms with Gasteiger partial charge >= 0.3 is 0 Å². The van der Waals surface area contributed by atoms with Crippen molar-refractivity contribution in [1.82, 2.24) is 0 Å². The predicted molar refractivity (Wildman–Crippen MR) is 61.8 cm³/mol. The highest BCUT2D eigenvalue weighted by atomic mass is 31.0. The van der Waals surface area contributed by atoms with Crippen LogP contribution in [0.3, 0.4) is 0 Å². The van der Waals surface area contributed by atoms with E-state index in [0.29, 0.717) is 0 Å². The van der Waals surface area contributed by atoms with E-state index in [1.165, 1.54) is 43.0 Å². The van der Waals surface area contributed by atoms with Gasteiger partial charge in [-0.05, 0) is 35.3 Å². The zero-order chi connectivity index (χ0) is 9.38. The predicted octanol–water partition coefficient (Wildman–Crippen LogP) is 4.03. The largest absolute Gasteiger partial charge is 0.0675 e. The zero-order valence-electron chi connectivity index (χ0n) is 7.90. The Kier molecular flexibility index (Phi) is 1.89. The van der Waals surface area contributed by atoms with Crippen LogP contribution in [0, 0.1) is 0 Å². The van der Waals surface area contributed by atoms with Crippen molar-refractivity contribution >= 4 is 8.19 Å². The third-order valence-corrected chi connectivity index (χ3v) is 3.93. The second-order valence-corrected chi connectivity index (χ2v) is 4.67. The summed E-state index contributed by atoms with van der Waals surface area (Å²) in [5, 5.41) is 1.52. The highest BCUT2D eigenvalue weighted by Gasteiger charge is 2.14. The van der Waals surface area contributed by atoms with Gasteiger partial charge < -0.3 is 0 Å². The molecule has 14 heavy (non-hydrogen) atoms. The van der Waals surface area contributed by atoms with Crippen LogP contribution in [0.5, 0.6) is 0 Å². The van der Waals surface area contributed by atoms with Crippen LogP contribution >= 0.6 is 8.19 Å². The van der Waals surface area contributed by atoms with Crippen molar-refractivity contribution in [3.05, 3.63) is 53.3 Å². The van der Waals surface area contributed by atoms with Crippen LogP contribution in [-0.4, -0.2) is 0 Å². The molecule has 1 aliphatic rings. The Labute approximate surface area is 85.7 Å². The van der Waals surface area contributed by atoms with Crippen molar-refractivity contribution in [3.8, 4) is 10.9 Å². The van der Waals surface area contributed by atoms with Gasteiger partial charge in [-0.15, -0.1) is 0 Å². The molecule has 0 spiro atoms. The molecule has 0 saturated heterocycles. The molecular formula is C13H11P. The fraction of sp³-hybridized carbons (Fsp3) is 0.154. The van der Waals surface area contributed by atoms with Gasteiger partial charge in [0, 0.05) is 5.30 Å². The Morgan fingerprint density at radius 3 is 2.64 bits per heavy atom. The van der Waals surface area contributed by atoms with E-state index >= 15 is 0 Å². The molecule has 0 atom stereocenters. The zero-order valence-corrected chi connectivity index (χ0v) is 8.80. The second-order valence-electron chi connectivity index (χ2n) is 3.67. The average molecular weight is 198 g/mol. The molecule has 0 N–H and O–H groups in total. The third-order valence-electron chi connectivity index (χ3n) is 2.83. The summed E-state index contributed by atoms with van der Waals surface area (Å²) in [6.07, 6.45) is 2.42. The van der Waals surface area contributed by atoms with Crippen molar-refractivity contribution in [2.45, 2.75) is 12.8 Å². The standard InChI is InChI=1S/C13H11P/c1-2-6-12-10(4-1)7-8-11-5-3-9-14-13(11)12/h1-6,9H,7-8H2. The van der Waals surface area contributed by atoms with Gasteiger partial charge in [-0.1, -0.05) is 44.6 Å². The van der Waals surface area contributed by atoms with Crippen molar-refractivity contribution < 1.29 is 0 Å². The molecule has 1 aromatic heterocycles. The van der Waals surface area contributed by atoms with E-state index in [2.05, 4.69) is 42.2 Å². The molecule has 3 rings (SSSR count). The first-order chi connectivity index (χ1) is 6.95. The molecule has 0 bridgehead atoms. The molecule has 0 fully saturated rings. The van der Waals surface area contributed by atoms with Crippen LogP contribution in [0.25, 0.3) is 10.9 Å². The molecule has 1 heterocycles. The van der Waals surface area contributed by atoms with Gasteiger partial charge in [-0.3, -0.25) is 0 Å². The highest BCUT2D eigenvalue weighted by Crippen LogP contribution is 2.38. The quantitative estimate of drug-likeness (QED) is 0.599. The van der Waals surface area contributed by atoms with E-state index in [0.717, 1.165) is 0 Å². The Hall–Kier alpha value is -1.13. The molecule has 0 saturated carbocycles. The van der Waals surface area contributed by atoms with Gasteiger partial charge in [-0.2, -0.15) is 0 Å². The minimum Gasteiger partial charge on any atom is -0.0675 e. The first-order valence-corrected chi connectivity index (χ1v) is 5.94. The summed E-state index contributed by atoms with van der Waals surface area (Å²) in [5.74, 6) is 2.22. The summed E-state index contributed by atoms with van der Waals surface area (Å²) in [7, 11) is 1.36. The lowest BCUT2D eigenvalue weighted by Crippen LogP contribution is -2.01. The van der Waals surface area contributed by atoms with Crippen molar-refractivity contribution in [3.63, 3.8) is 0 Å². The van der Waals surface area contributed by atoms with Gasteiger partial charge in [0.05, 0.1) is 0 Å². The van der Waals surface area contributed by atoms with Crippen LogP contribution < -0.4 is 0 Å². The third kappa shape index (κ3) is 1.19. The maximum atomic E-state index is 2.27. The first kappa shape index (κ1) is 8.20. The summed E-state index contributed by atoms with van der Waals surface area (Å²) in [5.41, 5.74) is 4.52. The molecule has 0 unspecified atom stereocenters. The lowest BCUT2D eigenvalue weighted by molar-refractivity contribution is 0.948. The lowest BCUT2D eigenvalue weighted by Gasteiger charge is -2.18. The number of rotatable bonds is 0. The summed E-state index contributed by atoms with van der Waals surface area (Å²) in [6.45, 7) is 0. The molecule has 0 nitrogen and oxygen atoms in total. The van der Waals surface area contributed by atoms with Gasteiger partial charge in [0.25, 0.3) is 0 Å². The lowest BCUT2D eigenvalue weighted by atomic mass is 9.91. The Bertz CT molecular complexity index is 429. The molecule has 1 aromatic carbocycles. The SMILES string of the molecule is c1ccc2c(c1)CCc1cccpc1-2. The van der Waals surface area contributed by atoms with Gasteiger partial charge in [0.1, 0.15) is 0 Å². The molecule has 2 aromatic rings. The molecule has 0 amide bonds. The van der Waals surface area contributed by atoms with Crippen LogP contribution in [0.2, 0.25) is 0 Å². The molecule has 1 aliphatic carbocycles. The van der Waals surface area contributed by atoms with Crippen LogP contribution in [0.1, 0.15) is 11.1 Å². The van der Waals surface area contributed by atoms with E-state index < -0.39 is 0 Å². The Morgan fingerprint density at radius 2 is 1.64 bits per heavy atom. The molecule has 68 valence electrons. The summed E-state index contributed by atoms with van der Waals surface area (Å²) < 4.78 is 0. The van der Waals surface area contributed by atoms with Crippen molar-refractivity contribution in [1.29, 1.82) is 0 Å². The summed E-state index contributed by atoms with van der Waals surface area (Å²) in [6, 6.07) is 13.2. The Morgan fingerprint density at radius 1 is 0.857 bits per heavy atom. The molecular weight excluding hydrogens is 187 g/mol. The van der Waals surface area contributed by atoms with Crippen LogP contribution in [0.15, 0.2) is 42.2 Å². The van der Waals surface area contributed by atoms with E-state index in [1.807, 2.05) is 0 Å². The fourth-order valence-corrected chi connectivity index (χ4v) is 3.15. The minimum absolute atomic E-state index is 1.20. The van der Waals surface area contributed by atoms with Crippen molar-refractivity contribution in [2.75, 3.05) is 0 Å². The van der Waals surface area contributed by atoms with E-state index in [4.69, 9.17) is 0 Å². The summed E-state index contributed by atoms with van der Waals surface area (Å²) in [4.78, 5) is 0. The molecule has 0 radical (unpaired) electrons.